The van der Waals surface area contributed by atoms with Crippen LogP contribution in [0, 0.1) is 17.8 Å². The molecule has 2 atom stereocenters. The van der Waals surface area contributed by atoms with Gasteiger partial charge in [-0.15, -0.1) is 0 Å². The first-order valence-corrected chi connectivity index (χ1v) is 9.17. The molecule has 2 aliphatic rings. The van der Waals surface area contributed by atoms with Crippen molar-refractivity contribution in [2.24, 2.45) is 17.8 Å². The van der Waals surface area contributed by atoms with Gasteiger partial charge in [-0.2, -0.15) is 0 Å². The van der Waals surface area contributed by atoms with E-state index in [2.05, 4.69) is 11.8 Å². The number of rotatable bonds is 5. The van der Waals surface area contributed by atoms with E-state index in [0.29, 0.717) is 16.0 Å². The van der Waals surface area contributed by atoms with Crippen molar-refractivity contribution >= 4 is 23.2 Å². The molecule has 3 rings (SSSR count). The largest absolute Gasteiger partial charge is 0.493 e. The molecule has 4 heteroatoms. The minimum atomic E-state index is 0.562. The Hall–Kier alpha value is -0.440. The maximum atomic E-state index is 6.03. The first kappa shape index (κ1) is 16.4. The fraction of sp³-hybridized carbons (Fsp3) is 0.667. The second-order valence-corrected chi connectivity index (χ2v) is 7.78. The van der Waals surface area contributed by atoms with Gasteiger partial charge in [-0.05, 0) is 68.7 Å². The predicted octanol–water partition coefficient (Wildman–Crippen LogP) is 5.13. The summed E-state index contributed by atoms with van der Waals surface area (Å²) in [5.74, 6) is 3.23. The van der Waals surface area contributed by atoms with Gasteiger partial charge in [-0.1, -0.05) is 30.1 Å². The van der Waals surface area contributed by atoms with Gasteiger partial charge in [0, 0.05) is 12.6 Å². The maximum Gasteiger partial charge on any atom is 0.120 e. The SMILES string of the molecule is CC1CCN(CC2CC[C@H]2COc2ccc(Cl)c(Cl)c2)CC1. The molecule has 0 aromatic heterocycles. The average Bonchev–Trinajstić information content (AvgIpc) is 2.49. The number of nitrogens with zero attached hydrogens (tertiary/aromatic N) is 1. The zero-order chi connectivity index (χ0) is 15.5. The van der Waals surface area contributed by atoms with Gasteiger partial charge in [0.15, 0.2) is 0 Å². The molecule has 22 heavy (non-hydrogen) atoms. The van der Waals surface area contributed by atoms with Crippen molar-refractivity contribution in [1.29, 1.82) is 0 Å². The van der Waals surface area contributed by atoms with E-state index in [4.69, 9.17) is 27.9 Å². The van der Waals surface area contributed by atoms with Crippen molar-refractivity contribution in [2.75, 3.05) is 26.2 Å². The van der Waals surface area contributed by atoms with E-state index in [1.807, 2.05) is 12.1 Å². The van der Waals surface area contributed by atoms with Crippen LogP contribution in [0.5, 0.6) is 5.75 Å². The molecule has 1 unspecified atom stereocenters. The number of hydrogen-bond acceptors (Lipinski definition) is 2. The molecule has 0 spiro atoms. The second kappa shape index (κ2) is 7.42. The molecule has 1 aliphatic heterocycles. The fourth-order valence-corrected chi connectivity index (χ4v) is 3.73. The van der Waals surface area contributed by atoms with E-state index in [1.54, 1.807) is 6.07 Å². The van der Waals surface area contributed by atoms with Crippen molar-refractivity contribution in [1.82, 2.24) is 4.90 Å². The smallest absolute Gasteiger partial charge is 0.120 e. The Kier molecular flexibility index (Phi) is 5.54. The average molecular weight is 342 g/mol. The highest BCUT2D eigenvalue weighted by atomic mass is 35.5. The molecule has 1 saturated carbocycles. The molecular weight excluding hydrogens is 317 g/mol. The molecule has 0 N–H and O–H groups in total. The zero-order valence-electron chi connectivity index (χ0n) is 13.2. The summed E-state index contributed by atoms with van der Waals surface area (Å²) in [5, 5.41) is 1.14. The van der Waals surface area contributed by atoms with Crippen LogP contribution in [0.1, 0.15) is 32.6 Å². The third kappa shape index (κ3) is 4.10. The summed E-state index contributed by atoms with van der Waals surface area (Å²) in [6.45, 7) is 6.97. The molecule has 0 amide bonds. The Bertz CT molecular complexity index is 500. The minimum absolute atomic E-state index is 0.562. The van der Waals surface area contributed by atoms with Crippen molar-refractivity contribution in [3.05, 3.63) is 28.2 Å². The Morgan fingerprint density at radius 3 is 2.41 bits per heavy atom. The molecule has 1 aliphatic carbocycles. The Morgan fingerprint density at radius 2 is 1.77 bits per heavy atom. The summed E-state index contributed by atoms with van der Waals surface area (Å²) >= 11 is 12.0. The number of halogens is 2. The van der Waals surface area contributed by atoms with Gasteiger partial charge in [0.05, 0.1) is 16.7 Å². The standard InChI is InChI=1S/C18H25Cl2NO/c1-13-6-8-21(9-7-13)11-14-2-3-15(14)12-22-16-4-5-17(19)18(20)10-16/h4-5,10,13-15H,2-3,6-9,11-12H2,1H3/t14?,15-/m0/s1. The number of benzene rings is 1. The highest BCUT2D eigenvalue weighted by molar-refractivity contribution is 6.42. The Morgan fingerprint density at radius 1 is 1.05 bits per heavy atom. The van der Waals surface area contributed by atoms with Gasteiger partial charge in [-0.3, -0.25) is 0 Å². The summed E-state index contributed by atoms with van der Waals surface area (Å²) in [5.41, 5.74) is 0. The van der Waals surface area contributed by atoms with Gasteiger partial charge >= 0.3 is 0 Å². The van der Waals surface area contributed by atoms with E-state index in [-0.39, 0.29) is 0 Å². The molecule has 2 fully saturated rings. The fourth-order valence-electron chi connectivity index (χ4n) is 3.44. The Balaban J connectivity index is 1.44. The van der Waals surface area contributed by atoms with E-state index < -0.39 is 0 Å². The first-order chi connectivity index (χ1) is 10.6. The predicted molar refractivity (Wildman–Crippen MR) is 93.0 cm³/mol. The monoisotopic (exact) mass is 341 g/mol. The Labute approximate surface area is 143 Å². The lowest BCUT2D eigenvalue weighted by Gasteiger charge is -2.41. The zero-order valence-corrected chi connectivity index (χ0v) is 14.7. The first-order valence-electron chi connectivity index (χ1n) is 8.42. The molecule has 1 heterocycles. The van der Waals surface area contributed by atoms with E-state index in [1.165, 1.54) is 45.3 Å². The lowest BCUT2D eigenvalue weighted by Crippen LogP contribution is -2.43. The lowest BCUT2D eigenvalue weighted by molar-refractivity contribution is 0.0565. The van der Waals surface area contributed by atoms with Gasteiger partial charge < -0.3 is 9.64 Å². The van der Waals surface area contributed by atoms with Crippen molar-refractivity contribution in [3.8, 4) is 5.75 Å². The quantitative estimate of drug-likeness (QED) is 0.735. The molecule has 0 radical (unpaired) electrons. The third-order valence-electron chi connectivity index (χ3n) is 5.30. The number of piperidine rings is 1. The van der Waals surface area contributed by atoms with Gasteiger partial charge in [0.2, 0.25) is 0 Å². The van der Waals surface area contributed by atoms with Crippen molar-refractivity contribution < 1.29 is 4.74 Å². The summed E-state index contributed by atoms with van der Waals surface area (Å²) < 4.78 is 5.92. The number of ether oxygens (including phenoxy) is 1. The minimum Gasteiger partial charge on any atom is -0.493 e. The normalized spacial score (nSPS) is 26.7. The van der Waals surface area contributed by atoms with Crippen LogP contribution >= 0.6 is 23.2 Å². The topological polar surface area (TPSA) is 12.5 Å². The third-order valence-corrected chi connectivity index (χ3v) is 6.04. The molecule has 122 valence electrons. The molecule has 2 nitrogen and oxygen atoms in total. The van der Waals surface area contributed by atoms with Crippen LogP contribution in [0.2, 0.25) is 10.0 Å². The summed E-state index contributed by atoms with van der Waals surface area (Å²) in [6, 6.07) is 5.50. The second-order valence-electron chi connectivity index (χ2n) is 6.97. The van der Waals surface area contributed by atoms with Gasteiger partial charge in [0.1, 0.15) is 5.75 Å². The van der Waals surface area contributed by atoms with Crippen LogP contribution in [-0.4, -0.2) is 31.1 Å². The van der Waals surface area contributed by atoms with Crippen molar-refractivity contribution in [2.45, 2.75) is 32.6 Å². The molecular formula is C18H25Cl2NO. The van der Waals surface area contributed by atoms with E-state index >= 15 is 0 Å². The van der Waals surface area contributed by atoms with Gasteiger partial charge in [-0.25, -0.2) is 0 Å². The summed E-state index contributed by atoms with van der Waals surface area (Å²) in [7, 11) is 0. The van der Waals surface area contributed by atoms with Crippen LogP contribution in [-0.2, 0) is 0 Å². The highest BCUT2D eigenvalue weighted by Crippen LogP contribution is 2.36. The number of hydrogen-bond donors (Lipinski definition) is 0. The van der Waals surface area contributed by atoms with Crippen LogP contribution in [0.25, 0.3) is 0 Å². The maximum absolute atomic E-state index is 6.03. The lowest BCUT2D eigenvalue weighted by atomic mass is 9.73. The van der Waals surface area contributed by atoms with Crippen LogP contribution in [0.3, 0.4) is 0 Å². The summed E-state index contributed by atoms with van der Waals surface area (Å²) in [6.07, 6.45) is 5.35. The van der Waals surface area contributed by atoms with Crippen molar-refractivity contribution in [3.63, 3.8) is 0 Å². The molecule has 1 saturated heterocycles. The highest BCUT2D eigenvalue weighted by Gasteiger charge is 2.33. The molecule has 0 bridgehead atoms. The van der Waals surface area contributed by atoms with Crippen LogP contribution in [0.15, 0.2) is 18.2 Å². The van der Waals surface area contributed by atoms with Crippen LogP contribution in [0.4, 0.5) is 0 Å². The molecule has 1 aromatic rings. The van der Waals surface area contributed by atoms with E-state index in [9.17, 15) is 0 Å². The molecule has 1 aromatic carbocycles. The van der Waals surface area contributed by atoms with E-state index in [0.717, 1.165) is 24.2 Å². The van der Waals surface area contributed by atoms with Crippen LogP contribution < -0.4 is 4.74 Å². The van der Waals surface area contributed by atoms with Gasteiger partial charge in [0.25, 0.3) is 0 Å². The number of likely N-dealkylation sites (tertiary alicyclic amines) is 1. The summed E-state index contributed by atoms with van der Waals surface area (Å²) in [4.78, 5) is 2.65.